The molecule has 2 N–H and O–H groups in total. The first-order valence-corrected chi connectivity index (χ1v) is 11.2. The lowest BCUT2D eigenvalue weighted by molar-refractivity contribution is 0.00737. The van der Waals surface area contributed by atoms with Crippen molar-refractivity contribution in [1.82, 2.24) is 4.98 Å². The van der Waals surface area contributed by atoms with Gasteiger partial charge in [0, 0.05) is 13.1 Å². The number of aromatic nitrogens is 1. The molecule has 0 amide bonds. The molecular weight excluding hydrogens is 398 g/mol. The van der Waals surface area contributed by atoms with Crippen LogP contribution >= 0.6 is 11.3 Å². The Hall–Kier alpha value is -2.51. The van der Waals surface area contributed by atoms with Gasteiger partial charge in [0.1, 0.15) is 6.61 Å². The van der Waals surface area contributed by atoms with Crippen LogP contribution in [0.1, 0.15) is 19.8 Å². The SMILES string of the molecule is COc1cccc2c1OC(C(C)(N)C1CCN(c3nc4ccccc4s3)CC1)CO2. The van der Waals surface area contributed by atoms with Gasteiger partial charge in [-0.2, -0.15) is 0 Å². The summed E-state index contributed by atoms with van der Waals surface area (Å²) in [6.45, 7) is 4.44. The first kappa shape index (κ1) is 19.5. The van der Waals surface area contributed by atoms with Crippen molar-refractivity contribution in [2.24, 2.45) is 11.7 Å². The third-order valence-corrected chi connectivity index (χ3v) is 7.53. The highest BCUT2D eigenvalue weighted by molar-refractivity contribution is 7.22. The second-order valence-electron chi connectivity index (χ2n) is 8.30. The van der Waals surface area contributed by atoms with Crippen LogP contribution in [0.3, 0.4) is 0 Å². The second kappa shape index (κ2) is 7.63. The van der Waals surface area contributed by atoms with Crippen molar-refractivity contribution in [1.29, 1.82) is 0 Å². The zero-order chi connectivity index (χ0) is 20.7. The smallest absolute Gasteiger partial charge is 0.204 e. The molecule has 2 aliphatic heterocycles. The van der Waals surface area contributed by atoms with Crippen molar-refractivity contribution in [3.63, 3.8) is 0 Å². The summed E-state index contributed by atoms with van der Waals surface area (Å²) in [6, 6.07) is 14.0. The standard InChI is InChI=1S/C23H27N3O3S/c1-23(24,20-14-28-18-8-5-7-17(27-2)21(18)29-20)15-10-12-26(13-11-15)22-25-16-6-3-4-9-19(16)30-22/h3-9,15,20H,10-14,24H2,1-2H3. The highest BCUT2D eigenvalue weighted by Crippen LogP contribution is 2.43. The Kier molecular flexibility index (Phi) is 4.95. The van der Waals surface area contributed by atoms with Crippen LogP contribution in [0.4, 0.5) is 5.13 Å². The Balaban J connectivity index is 1.28. The lowest BCUT2D eigenvalue weighted by Crippen LogP contribution is -2.61. The van der Waals surface area contributed by atoms with E-state index in [1.165, 1.54) is 4.70 Å². The van der Waals surface area contributed by atoms with Crippen LogP contribution in [-0.4, -0.2) is 43.4 Å². The van der Waals surface area contributed by atoms with E-state index in [0.29, 0.717) is 29.8 Å². The number of para-hydroxylation sites is 2. The molecule has 30 heavy (non-hydrogen) atoms. The Morgan fingerprint density at radius 3 is 2.73 bits per heavy atom. The molecule has 2 atom stereocenters. The van der Waals surface area contributed by atoms with E-state index in [1.54, 1.807) is 18.4 Å². The van der Waals surface area contributed by atoms with Crippen molar-refractivity contribution >= 4 is 26.7 Å². The van der Waals surface area contributed by atoms with E-state index in [-0.39, 0.29) is 6.10 Å². The molecule has 6 nitrogen and oxygen atoms in total. The number of hydrogen-bond donors (Lipinski definition) is 1. The highest BCUT2D eigenvalue weighted by atomic mass is 32.1. The van der Waals surface area contributed by atoms with Crippen LogP contribution < -0.4 is 24.8 Å². The van der Waals surface area contributed by atoms with Crippen molar-refractivity contribution in [3.05, 3.63) is 42.5 Å². The largest absolute Gasteiger partial charge is 0.493 e. The predicted molar refractivity (Wildman–Crippen MR) is 120 cm³/mol. The van der Waals surface area contributed by atoms with Crippen LogP contribution in [0.15, 0.2) is 42.5 Å². The molecule has 5 rings (SSSR count). The Labute approximate surface area is 180 Å². The minimum Gasteiger partial charge on any atom is -0.493 e. The molecule has 0 aliphatic carbocycles. The number of nitrogens with two attached hydrogens (primary N) is 1. The Morgan fingerprint density at radius 2 is 1.97 bits per heavy atom. The summed E-state index contributed by atoms with van der Waals surface area (Å²) in [7, 11) is 1.64. The summed E-state index contributed by atoms with van der Waals surface area (Å²) >= 11 is 1.76. The minimum absolute atomic E-state index is 0.222. The van der Waals surface area contributed by atoms with Gasteiger partial charge in [0.15, 0.2) is 22.7 Å². The predicted octanol–water partition coefficient (Wildman–Crippen LogP) is 4.08. The number of rotatable bonds is 4. The lowest BCUT2D eigenvalue weighted by atomic mass is 9.76. The summed E-state index contributed by atoms with van der Waals surface area (Å²) < 4.78 is 19.0. The Bertz CT molecular complexity index is 996. The molecule has 2 aromatic carbocycles. The van der Waals surface area contributed by atoms with Gasteiger partial charge in [-0.1, -0.05) is 29.5 Å². The summed E-state index contributed by atoms with van der Waals surface area (Å²) in [5.74, 6) is 2.39. The van der Waals surface area contributed by atoms with E-state index in [2.05, 4.69) is 30.0 Å². The third kappa shape index (κ3) is 3.36. The van der Waals surface area contributed by atoms with Crippen LogP contribution in [0, 0.1) is 5.92 Å². The maximum Gasteiger partial charge on any atom is 0.204 e. The maximum absolute atomic E-state index is 6.88. The molecule has 0 spiro atoms. The summed E-state index contributed by atoms with van der Waals surface area (Å²) in [6.07, 6.45) is 1.78. The summed E-state index contributed by atoms with van der Waals surface area (Å²) in [4.78, 5) is 7.19. The van der Waals surface area contributed by atoms with Crippen LogP contribution in [0.25, 0.3) is 10.2 Å². The second-order valence-corrected chi connectivity index (χ2v) is 9.31. The van der Waals surface area contributed by atoms with E-state index < -0.39 is 5.54 Å². The number of anilines is 1. The van der Waals surface area contributed by atoms with Crippen LogP contribution in [-0.2, 0) is 0 Å². The lowest BCUT2D eigenvalue weighted by Gasteiger charge is -2.45. The van der Waals surface area contributed by atoms with Gasteiger partial charge in [0.05, 0.1) is 22.9 Å². The summed E-state index contributed by atoms with van der Waals surface area (Å²) in [5, 5.41) is 1.10. The molecule has 1 fully saturated rings. The average Bonchev–Trinajstić information content (AvgIpc) is 3.22. The quantitative estimate of drug-likeness (QED) is 0.679. The van der Waals surface area contributed by atoms with Crippen molar-refractivity contribution in [2.45, 2.75) is 31.4 Å². The van der Waals surface area contributed by atoms with Crippen molar-refractivity contribution in [3.8, 4) is 17.2 Å². The van der Waals surface area contributed by atoms with Crippen molar-refractivity contribution in [2.75, 3.05) is 31.7 Å². The number of benzene rings is 2. The fourth-order valence-electron chi connectivity index (χ4n) is 4.49. The zero-order valence-corrected chi connectivity index (χ0v) is 18.2. The van der Waals surface area contributed by atoms with Gasteiger partial charge in [0.2, 0.25) is 5.75 Å². The van der Waals surface area contributed by atoms with Gasteiger partial charge >= 0.3 is 0 Å². The molecule has 1 aromatic heterocycles. The van der Waals surface area contributed by atoms with Crippen LogP contribution in [0.5, 0.6) is 17.2 Å². The van der Waals surface area contributed by atoms with Gasteiger partial charge in [-0.15, -0.1) is 0 Å². The van der Waals surface area contributed by atoms with E-state index in [9.17, 15) is 0 Å². The molecular formula is C23H27N3O3S. The van der Waals surface area contributed by atoms with Gasteiger partial charge in [-0.3, -0.25) is 0 Å². The molecule has 2 unspecified atom stereocenters. The molecule has 2 aliphatic rings. The Morgan fingerprint density at radius 1 is 1.17 bits per heavy atom. The number of ether oxygens (including phenoxy) is 3. The van der Waals surface area contributed by atoms with E-state index in [4.69, 9.17) is 24.9 Å². The van der Waals surface area contributed by atoms with E-state index in [1.807, 2.05) is 24.3 Å². The molecule has 3 heterocycles. The highest BCUT2D eigenvalue weighted by Gasteiger charge is 2.44. The van der Waals surface area contributed by atoms with Crippen LogP contribution in [0.2, 0.25) is 0 Å². The van der Waals surface area contributed by atoms with Gasteiger partial charge in [-0.25, -0.2) is 4.98 Å². The first-order chi connectivity index (χ1) is 14.6. The van der Waals surface area contributed by atoms with E-state index in [0.717, 1.165) is 36.6 Å². The number of piperidine rings is 1. The summed E-state index contributed by atoms with van der Waals surface area (Å²) in [5.41, 5.74) is 7.45. The third-order valence-electron chi connectivity index (χ3n) is 6.43. The number of hydrogen-bond acceptors (Lipinski definition) is 7. The van der Waals surface area contributed by atoms with Gasteiger partial charge in [-0.05, 0) is 49.9 Å². The fourth-order valence-corrected chi connectivity index (χ4v) is 5.50. The molecule has 0 bridgehead atoms. The number of methoxy groups -OCH3 is 1. The molecule has 1 saturated heterocycles. The topological polar surface area (TPSA) is 69.8 Å². The van der Waals surface area contributed by atoms with Gasteiger partial charge in [0.25, 0.3) is 0 Å². The molecule has 0 radical (unpaired) electrons. The first-order valence-electron chi connectivity index (χ1n) is 10.4. The number of nitrogens with zero attached hydrogens (tertiary/aromatic N) is 2. The molecule has 3 aromatic rings. The monoisotopic (exact) mass is 425 g/mol. The normalized spacial score (nSPS) is 21.4. The maximum atomic E-state index is 6.88. The van der Waals surface area contributed by atoms with Gasteiger partial charge < -0.3 is 24.8 Å². The fraction of sp³-hybridized carbons (Fsp3) is 0.435. The number of fused-ring (bicyclic) bond motifs is 2. The molecule has 158 valence electrons. The van der Waals surface area contributed by atoms with E-state index >= 15 is 0 Å². The number of thiazole rings is 1. The molecule has 7 heteroatoms. The van der Waals surface area contributed by atoms with Crippen molar-refractivity contribution < 1.29 is 14.2 Å². The molecule has 0 saturated carbocycles. The zero-order valence-electron chi connectivity index (χ0n) is 17.3. The average molecular weight is 426 g/mol. The minimum atomic E-state index is -0.502.